The zero-order valence-electron chi connectivity index (χ0n) is 11.6. The molecule has 0 saturated carbocycles. The summed E-state index contributed by atoms with van der Waals surface area (Å²) >= 11 is 5.81. The van der Waals surface area contributed by atoms with Crippen molar-refractivity contribution in [2.75, 3.05) is 26.2 Å². The first kappa shape index (κ1) is 15.0. The first-order valence-electron chi connectivity index (χ1n) is 7.04. The molecule has 1 heterocycles. The van der Waals surface area contributed by atoms with Crippen LogP contribution < -0.4 is 10.6 Å². The second-order valence-corrected chi connectivity index (χ2v) is 5.23. The quantitative estimate of drug-likeness (QED) is 0.887. The molecular formula is C17H21ClN2. The van der Waals surface area contributed by atoms with E-state index in [0.29, 0.717) is 0 Å². The van der Waals surface area contributed by atoms with Crippen molar-refractivity contribution >= 4 is 11.6 Å². The van der Waals surface area contributed by atoms with E-state index in [1.807, 2.05) is 18.2 Å². The van der Waals surface area contributed by atoms with Crippen LogP contribution in [0.4, 0.5) is 0 Å². The topological polar surface area (TPSA) is 24.1 Å². The Balaban J connectivity index is 0.000000205. The van der Waals surface area contributed by atoms with E-state index in [2.05, 4.69) is 47.0 Å². The van der Waals surface area contributed by atoms with Gasteiger partial charge in [0.2, 0.25) is 0 Å². The fourth-order valence-corrected chi connectivity index (χ4v) is 2.16. The number of nitrogens with one attached hydrogen (secondary N) is 2. The molecule has 1 fully saturated rings. The molecule has 2 aromatic carbocycles. The Morgan fingerprint density at radius 1 is 0.700 bits per heavy atom. The number of rotatable bonds is 2. The molecule has 0 aliphatic carbocycles. The largest absolute Gasteiger partial charge is 0.314 e. The summed E-state index contributed by atoms with van der Waals surface area (Å²) in [4.78, 5) is 0. The van der Waals surface area contributed by atoms with Crippen LogP contribution in [0.25, 0.3) is 0 Å². The zero-order valence-corrected chi connectivity index (χ0v) is 12.4. The van der Waals surface area contributed by atoms with Gasteiger partial charge in [0, 0.05) is 31.2 Å². The normalized spacial score (nSPS) is 14.2. The Kier molecular flexibility index (Phi) is 6.58. The lowest BCUT2D eigenvalue weighted by Crippen LogP contribution is -2.39. The maximum absolute atomic E-state index is 5.81. The molecule has 1 aliphatic rings. The molecule has 106 valence electrons. The third-order valence-corrected chi connectivity index (χ3v) is 3.37. The van der Waals surface area contributed by atoms with Gasteiger partial charge in [-0.05, 0) is 29.7 Å². The molecule has 3 heteroatoms. The number of piperazine rings is 1. The molecule has 0 amide bonds. The molecule has 0 radical (unpaired) electrons. The molecule has 3 rings (SSSR count). The van der Waals surface area contributed by atoms with Crippen molar-refractivity contribution in [2.24, 2.45) is 0 Å². The second kappa shape index (κ2) is 8.75. The smallest absolute Gasteiger partial charge is 0.0406 e. The third-order valence-electron chi connectivity index (χ3n) is 3.12. The van der Waals surface area contributed by atoms with Gasteiger partial charge in [-0.3, -0.25) is 0 Å². The lowest BCUT2D eigenvalue weighted by Gasteiger charge is -2.11. The summed E-state index contributed by atoms with van der Waals surface area (Å²) in [6.45, 7) is 4.56. The van der Waals surface area contributed by atoms with Crippen LogP contribution in [0, 0.1) is 0 Å². The summed E-state index contributed by atoms with van der Waals surface area (Å²) in [5, 5.41) is 7.24. The van der Waals surface area contributed by atoms with Crippen LogP contribution in [0.1, 0.15) is 11.1 Å². The minimum Gasteiger partial charge on any atom is -0.314 e. The SMILES string of the molecule is C1CNCCN1.Clc1ccc(Cc2ccccc2)cc1. The van der Waals surface area contributed by atoms with Gasteiger partial charge >= 0.3 is 0 Å². The van der Waals surface area contributed by atoms with Gasteiger partial charge < -0.3 is 10.6 Å². The van der Waals surface area contributed by atoms with Crippen molar-refractivity contribution in [3.63, 3.8) is 0 Å². The molecule has 0 atom stereocenters. The average Bonchev–Trinajstić information content (AvgIpc) is 2.53. The molecule has 2 aromatic rings. The van der Waals surface area contributed by atoms with E-state index in [4.69, 9.17) is 11.6 Å². The highest BCUT2D eigenvalue weighted by molar-refractivity contribution is 6.30. The fraction of sp³-hybridized carbons (Fsp3) is 0.294. The molecule has 2 nitrogen and oxygen atoms in total. The van der Waals surface area contributed by atoms with Crippen molar-refractivity contribution in [1.29, 1.82) is 0 Å². The van der Waals surface area contributed by atoms with Gasteiger partial charge in [0.1, 0.15) is 0 Å². The monoisotopic (exact) mass is 288 g/mol. The molecule has 2 N–H and O–H groups in total. The summed E-state index contributed by atoms with van der Waals surface area (Å²) in [6, 6.07) is 18.4. The molecule has 20 heavy (non-hydrogen) atoms. The Hall–Kier alpha value is -1.35. The summed E-state index contributed by atoms with van der Waals surface area (Å²) in [7, 11) is 0. The van der Waals surface area contributed by atoms with Gasteiger partial charge in [0.15, 0.2) is 0 Å². The first-order chi connectivity index (χ1) is 9.84. The van der Waals surface area contributed by atoms with Gasteiger partial charge in [0.05, 0.1) is 0 Å². The van der Waals surface area contributed by atoms with Gasteiger partial charge in [-0.25, -0.2) is 0 Å². The Morgan fingerprint density at radius 2 is 1.20 bits per heavy atom. The van der Waals surface area contributed by atoms with Crippen molar-refractivity contribution < 1.29 is 0 Å². The van der Waals surface area contributed by atoms with Gasteiger partial charge in [-0.15, -0.1) is 0 Å². The molecule has 1 saturated heterocycles. The van der Waals surface area contributed by atoms with Crippen LogP contribution in [-0.2, 0) is 6.42 Å². The van der Waals surface area contributed by atoms with E-state index < -0.39 is 0 Å². The summed E-state index contributed by atoms with van der Waals surface area (Å²) in [6.07, 6.45) is 0.970. The van der Waals surface area contributed by atoms with Crippen LogP contribution >= 0.6 is 11.6 Å². The van der Waals surface area contributed by atoms with Crippen molar-refractivity contribution in [3.8, 4) is 0 Å². The van der Waals surface area contributed by atoms with E-state index >= 15 is 0 Å². The molecule has 0 spiro atoms. The minimum atomic E-state index is 0.793. The zero-order chi connectivity index (χ0) is 14.0. The second-order valence-electron chi connectivity index (χ2n) is 4.79. The molecule has 0 aromatic heterocycles. The highest BCUT2D eigenvalue weighted by Crippen LogP contribution is 2.13. The van der Waals surface area contributed by atoms with Crippen molar-refractivity contribution in [1.82, 2.24) is 10.6 Å². The lowest BCUT2D eigenvalue weighted by atomic mass is 10.1. The Morgan fingerprint density at radius 3 is 1.70 bits per heavy atom. The third kappa shape index (κ3) is 5.74. The average molecular weight is 289 g/mol. The summed E-state index contributed by atoms with van der Waals surface area (Å²) in [5.41, 5.74) is 2.62. The first-order valence-corrected chi connectivity index (χ1v) is 7.42. The highest BCUT2D eigenvalue weighted by atomic mass is 35.5. The predicted octanol–water partition coefficient (Wildman–Crippen LogP) is 3.11. The minimum absolute atomic E-state index is 0.793. The van der Waals surface area contributed by atoms with Crippen LogP contribution in [0.2, 0.25) is 5.02 Å². The van der Waals surface area contributed by atoms with Crippen LogP contribution in [-0.4, -0.2) is 26.2 Å². The molecular weight excluding hydrogens is 268 g/mol. The Labute approximate surface area is 126 Å². The van der Waals surface area contributed by atoms with Crippen LogP contribution in [0.3, 0.4) is 0 Å². The molecule has 1 aliphatic heterocycles. The van der Waals surface area contributed by atoms with Crippen molar-refractivity contribution in [2.45, 2.75) is 6.42 Å². The summed E-state index contributed by atoms with van der Waals surface area (Å²) in [5.74, 6) is 0. The standard InChI is InChI=1S/C13H11Cl.C4H10N2/c14-13-8-6-12(7-9-13)10-11-4-2-1-3-5-11;1-2-6-4-3-5-1/h1-9H,10H2;5-6H,1-4H2. The van der Waals surface area contributed by atoms with Crippen LogP contribution in [0.5, 0.6) is 0 Å². The molecule has 0 bridgehead atoms. The Bertz CT molecular complexity index is 467. The van der Waals surface area contributed by atoms with E-state index in [0.717, 1.165) is 37.6 Å². The number of hydrogen-bond acceptors (Lipinski definition) is 2. The number of hydrogen-bond donors (Lipinski definition) is 2. The van der Waals surface area contributed by atoms with Gasteiger partial charge in [-0.1, -0.05) is 54.1 Å². The van der Waals surface area contributed by atoms with Crippen LogP contribution in [0.15, 0.2) is 54.6 Å². The maximum Gasteiger partial charge on any atom is 0.0406 e. The van der Waals surface area contributed by atoms with E-state index in [1.54, 1.807) is 0 Å². The maximum atomic E-state index is 5.81. The van der Waals surface area contributed by atoms with E-state index in [1.165, 1.54) is 11.1 Å². The van der Waals surface area contributed by atoms with E-state index in [9.17, 15) is 0 Å². The van der Waals surface area contributed by atoms with Gasteiger partial charge in [0.25, 0.3) is 0 Å². The van der Waals surface area contributed by atoms with Crippen molar-refractivity contribution in [3.05, 3.63) is 70.7 Å². The molecule has 0 unspecified atom stereocenters. The van der Waals surface area contributed by atoms with E-state index in [-0.39, 0.29) is 0 Å². The predicted molar refractivity (Wildman–Crippen MR) is 86.4 cm³/mol. The van der Waals surface area contributed by atoms with Gasteiger partial charge in [-0.2, -0.15) is 0 Å². The number of benzene rings is 2. The fourth-order valence-electron chi connectivity index (χ4n) is 2.04. The lowest BCUT2D eigenvalue weighted by molar-refractivity contribution is 0.534. The number of halogens is 1. The summed E-state index contributed by atoms with van der Waals surface area (Å²) < 4.78 is 0. The highest BCUT2D eigenvalue weighted by Gasteiger charge is 1.95.